The van der Waals surface area contributed by atoms with E-state index in [4.69, 9.17) is 0 Å². The Balaban J connectivity index is 1.44. The van der Waals surface area contributed by atoms with Crippen molar-refractivity contribution in [3.05, 3.63) is 64.7 Å². The standard InChI is InChI=1S/C23H25N3O3/c1-26(18-8-3-2-4-9-18)14-15-6-5-7-17(12-15)24-21(27)16-10-11-19-20(13-16)23(29)25-22(19)28/h5-7,10-13,18H,2-4,8-9,14H2,1H3,(H,24,27)(H,25,28,29). The summed E-state index contributed by atoms with van der Waals surface area (Å²) in [4.78, 5) is 38.5. The molecule has 0 atom stereocenters. The molecule has 2 aliphatic rings. The molecule has 1 aliphatic carbocycles. The predicted molar refractivity (Wildman–Crippen MR) is 111 cm³/mol. The lowest BCUT2D eigenvalue weighted by molar-refractivity contribution is 0.0879. The highest BCUT2D eigenvalue weighted by Crippen LogP contribution is 2.24. The van der Waals surface area contributed by atoms with Crippen molar-refractivity contribution in [2.75, 3.05) is 12.4 Å². The number of carbonyl (C=O) groups is 3. The van der Waals surface area contributed by atoms with Gasteiger partial charge in [-0.15, -0.1) is 0 Å². The van der Waals surface area contributed by atoms with Crippen LogP contribution in [0.3, 0.4) is 0 Å². The first-order valence-corrected chi connectivity index (χ1v) is 10.1. The minimum atomic E-state index is -0.465. The van der Waals surface area contributed by atoms with Gasteiger partial charge in [-0.25, -0.2) is 0 Å². The first-order valence-electron chi connectivity index (χ1n) is 10.1. The van der Waals surface area contributed by atoms with Gasteiger partial charge in [0.2, 0.25) is 0 Å². The highest BCUT2D eigenvalue weighted by Gasteiger charge is 2.27. The number of benzene rings is 2. The third kappa shape index (κ3) is 4.22. The fraction of sp³-hybridized carbons (Fsp3) is 0.348. The zero-order chi connectivity index (χ0) is 20.4. The molecule has 29 heavy (non-hydrogen) atoms. The minimum Gasteiger partial charge on any atom is -0.322 e. The Bertz CT molecular complexity index is 964. The van der Waals surface area contributed by atoms with Gasteiger partial charge in [0.15, 0.2) is 0 Å². The molecule has 2 aromatic rings. The molecule has 2 aromatic carbocycles. The van der Waals surface area contributed by atoms with Crippen LogP contribution in [0.4, 0.5) is 5.69 Å². The number of hydrogen-bond donors (Lipinski definition) is 2. The second-order valence-electron chi connectivity index (χ2n) is 7.91. The van der Waals surface area contributed by atoms with Gasteiger partial charge in [0, 0.05) is 23.8 Å². The molecule has 0 aromatic heterocycles. The zero-order valence-electron chi connectivity index (χ0n) is 16.5. The molecule has 6 nitrogen and oxygen atoms in total. The van der Waals surface area contributed by atoms with Crippen LogP contribution in [0.2, 0.25) is 0 Å². The van der Waals surface area contributed by atoms with Gasteiger partial charge >= 0.3 is 0 Å². The summed E-state index contributed by atoms with van der Waals surface area (Å²) in [7, 11) is 2.16. The topological polar surface area (TPSA) is 78.5 Å². The highest BCUT2D eigenvalue weighted by molar-refractivity contribution is 6.22. The van der Waals surface area contributed by atoms with Crippen LogP contribution >= 0.6 is 0 Å². The first-order chi connectivity index (χ1) is 14.0. The van der Waals surface area contributed by atoms with Crippen LogP contribution in [0, 0.1) is 0 Å². The van der Waals surface area contributed by atoms with Crippen LogP contribution in [0.15, 0.2) is 42.5 Å². The largest absolute Gasteiger partial charge is 0.322 e. The maximum atomic E-state index is 12.6. The lowest BCUT2D eigenvalue weighted by Gasteiger charge is -2.31. The van der Waals surface area contributed by atoms with Crippen LogP contribution in [0.1, 0.15) is 68.7 Å². The molecule has 4 rings (SSSR count). The van der Waals surface area contributed by atoms with E-state index >= 15 is 0 Å². The second-order valence-corrected chi connectivity index (χ2v) is 7.91. The van der Waals surface area contributed by atoms with Gasteiger partial charge in [-0.3, -0.25) is 24.6 Å². The van der Waals surface area contributed by atoms with Crippen molar-refractivity contribution in [3.63, 3.8) is 0 Å². The van der Waals surface area contributed by atoms with Crippen molar-refractivity contribution < 1.29 is 14.4 Å². The predicted octanol–water partition coefficient (Wildman–Crippen LogP) is 3.59. The van der Waals surface area contributed by atoms with E-state index in [1.807, 2.05) is 18.2 Å². The minimum absolute atomic E-state index is 0.241. The Morgan fingerprint density at radius 3 is 2.59 bits per heavy atom. The number of hydrogen-bond acceptors (Lipinski definition) is 4. The molecule has 0 unspecified atom stereocenters. The SMILES string of the molecule is CN(Cc1cccc(NC(=O)c2ccc3c(c2)C(=O)NC3=O)c1)C1CCCCC1. The summed E-state index contributed by atoms with van der Waals surface area (Å²) in [5.41, 5.74) is 2.75. The summed E-state index contributed by atoms with van der Waals surface area (Å²) in [6.07, 6.45) is 6.44. The maximum Gasteiger partial charge on any atom is 0.258 e. The van der Waals surface area contributed by atoms with Gasteiger partial charge < -0.3 is 5.32 Å². The molecule has 3 amide bonds. The summed E-state index contributed by atoms with van der Waals surface area (Å²) in [5, 5.41) is 5.13. The number of fused-ring (bicyclic) bond motifs is 1. The molecule has 0 spiro atoms. The lowest BCUT2D eigenvalue weighted by atomic mass is 9.94. The molecule has 1 fully saturated rings. The fourth-order valence-corrected chi connectivity index (χ4v) is 4.20. The van der Waals surface area contributed by atoms with Gasteiger partial charge in [-0.05, 0) is 55.8 Å². The van der Waals surface area contributed by atoms with Crippen molar-refractivity contribution in [1.29, 1.82) is 0 Å². The van der Waals surface area contributed by atoms with Gasteiger partial charge in [0.05, 0.1) is 11.1 Å². The van der Waals surface area contributed by atoms with Gasteiger partial charge in [0.25, 0.3) is 17.7 Å². The monoisotopic (exact) mass is 391 g/mol. The molecule has 1 aliphatic heterocycles. The molecule has 1 heterocycles. The van der Waals surface area contributed by atoms with Crippen LogP contribution < -0.4 is 10.6 Å². The Morgan fingerprint density at radius 1 is 1.03 bits per heavy atom. The van der Waals surface area contributed by atoms with Crippen molar-refractivity contribution in [3.8, 4) is 0 Å². The first kappa shape index (κ1) is 19.3. The maximum absolute atomic E-state index is 12.6. The van der Waals surface area contributed by atoms with E-state index in [2.05, 4.69) is 28.6 Å². The summed E-state index contributed by atoms with van der Waals surface area (Å²) in [5.74, 6) is -1.20. The number of amides is 3. The molecule has 2 N–H and O–H groups in total. The van der Waals surface area contributed by atoms with Crippen molar-refractivity contribution in [2.45, 2.75) is 44.7 Å². The van der Waals surface area contributed by atoms with E-state index in [0.717, 1.165) is 12.1 Å². The molecule has 0 bridgehead atoms. The van der Waals surface area contributed by atoms with Crippen molar-refractivity contribution in [2.24, 2.45) is 0 Å². The third-order valence-electron chi connectivity index (χ3n) is 5.81. The zero-order valence-corrected chi connectivity index (χ0v) is 16.5. The van der Waals surface area contributed by atoms with E-state index in [9.17, 15) is 14.4 Å². The fourth-order valence-electron chi connectivity index (χ4n) is 4.20. The third-order valence-corrected chi connectivity index (χ3v) is 5.81. The van der Waals surface area contributed by atoms with Gasteiger partial charge in [-0.1, -0.05) is 31.4 Å². The summed E-state index contributed by atoms with van der Waals surface area (Å²) in [6.45, 7) is 0.843. The van der Waals surface area contributed by atoms with E-state index < -0.39 is 11.8 Å². The van der Waals surface area contributed by atoms with E-state index in [-0.39, 0.29) is 11.5 Å². The summed E-state index contributed by atoms with van der Waals surface area (Å²) in [6, 6.07) is 13.0. The van der Waals surface area contributed by atoms with E-state index in [1.54, 1.807) is 6.07 Å². The summed E-state index contributed by atoms with van der Waals surface area (Å²) < 4.78 is 0. The Labute approximate surface area is 170 Å². The molecular weight excluding hydrogens is 366 g/mol. The number of imide groups is 1. The summed E-state index contributed by atoms with van der Waals surface area (Å²) >= 11 is 0. The highest BCUT2D eigenvalue weighted by atomic mass is 16.2. The molecule has 0 radical (unpaired) electrons. The normalized spacial score (nSPS) is 16.6. The number of nitrogens with zero attached hydrogens (tertiary/aromatic N) is 1. The quantitative estimate of drug-likeness (QED) is 0.764. The molecular formula is C23H25N3O3. The lowest BCUT2D eigenvalue weighted by Crippen LogP contribution is -2.32. The average molecular weight is 391 g/mol. The van der Waals surface area contributed by atoms with Crippen molar-refractivity contribution >= 4 is 23.4 Å². The molecule has 6 heteroatoms. The molecule has 1 saturated carbocycles. The van der Waals surface area contributed by atoms with Crippen LogP contribution in [0.25, 0.3) is 0 Å². The van der Waals surface area contributed by atoms with Crippen molar-refractivity contribution in [1.82, 2.24) is 10.2 Å². The van der Waals surface area contributed by atoms with E-state index in [1.165, 1.54) is 44.2 Å². The van der Waals surface area contributed by atoms with Crippen LogP contribution in [-0.2, 0) is 6.54 Å². The Hall–Kier alpha value is -2.99. The number of carbonyl (C=O) groups excluding carboxylic acids is 3. The Morgan fingerprint density at radius 2 is 1.79 bits per heavy atom. The molecule has 0 saturated heterocycles. The number of anilines is 1. The Kier molecular flexibility index (Phi) is 5.45. The second kappa shape index (κ2) is 8.17. The van der Waals surface area contributed by atoms with Gasteiger partial charge in [0.1, 0.15) is 0 Å². The average Bonchev–Trinajstić information content (AvgIpc) is 3.02. The van der Waals surface area contributed by atoms with E-state index in [0.29, 0.717) is 22.9 Å². The number of rotatable bonds is 5. The smallest absolute Gasteiger partial charge is 0.258 e. The van der Waals surface area contributed by atoms with Crippen LogP contribution in [-0.4, -0.2) is 35.7 Å². The van der Waals surface area contributed by atoms with Gasteiger partial charge in [-0.2, -0.15) is 0 Å². The van der Waals surface area contributed by atoms with Crippen LogP contribution in [0.5, 0.6) is 0 Å². The number of nitrogens with one attached hydrogen (secondary N) is 2. The molecule has 150 valence electrons.